The predicted octanol–water partition coefficient (Wildman–Crippen LogP) is 3.85. The van der Waals surface area contributed by atoms with Crippen LogP contribution in [0.2, 0.25) is 0 Å². The Morgan fingerprint density at radius 3 is 2.70 bits per heavy atom. The molecule has 3 rings (SSSR count). The van der Waals surface area contributed by atoms with E-state index in [1.165, 1.54) is 24.4 Å². The summed E-state index contributed by atoms with van der Waals surface area (Å²) >= 11 is 4.33. The van der Waals surface area contributed by atoms with Gasteiger partial charge in [-0.15, -0.1) is 11.3 Å². The van der Waals surface area contributed by atoms with E-state index >= 15 is 0 Å². The summed E-state index contributed by atoms with van der Waals surface area (Å²) < 4.78 is 33.5. The third kappa shape index (κ3) is 6.63. The van der Waals surface area contributed by atoms with Crippen molar-refractivity contribution in [1.82, 2.24) is 5.43 Å². The molecular formula is C21H18BrN3O6S2. The second-order valence-electron chi connectivity index (χ2n) is 6.65. The van der Waals surface area contributed by atoms with Crippen LogP contribution < -0.4 is 14.9 Å². The largest absolute Gasteiger partial charge is 0.481 e. The number of hydrogen-bond acceptors (Lipinski definition) is 7. The smallest absolute Gasteiger partial charge is 0.341 e. The molecule has 1 aromatic heterocycles. The molecule has 9 nitrogen and oxygen atoms in total. The van der Waals surface area contributed by atoms with Crippen molar-refractivity contribution < 1.29 is 27.9 Å². The highest BCUT2D eigenvalue weighted by Gasteiger charge is 2.20. The van der Waals surface area contributed by atoms with Gasteiger partial charge in [0, 0.05) is 10.0 Å². The Kier molecular flexibility index (Phi) is 7.84. The van der Waals surface area contributed by atoms with Crippen molar-refractivity contribution in [3.63, 3.8) is 0 Å². The zero-order valence-electron chi connectivity index (χ0n) is 17.1. The van der Waals surface area contributed by atoms with E-state index in [1.54, 1.807) is 35.7 Å². The first-order valence-corrected chi connectivity index (χ1v) is 12.5. The van der Waals surface area contributed by atoms with E-state index < -0.39 is 28.5 Å². The second-order valence-corrected chi connectivity index (χ2v) is 10.4. The standard InChI is InChI=1S/C21H18BrN3O6S2/c1-13-4-7-18(31-12-19(26)27)14(9-13)11-23-24-21(28)16-10-15(22)5-6-17(16)25-33(29,30)20-3-2-8-32-20/h2-11,25H,12H2,1H3,(H,24,28)(H,26,27). The van der Waals surface area contributed by atoms with Gasteiger partial charge in [-0.3, -0.25) is 9.52 Å². The van der Waals surface area contributed by atoms with Gasteiger partial charge in [0.25, 0.3) is 15.9 Å². The summed E-state index contributed by atoms with van der Waals surface area (Å²) in [7, 11) is -3.86. The molecule has 2 aromatic carbocycles. The highest BCUT2D eigenvalue weighted by atomic mass is 79.9. The van der Waals surface area contributed by atoms with E-state index in [1.807, 2.05) is 6.92 Å². The molecular weight excluding hydrogens is 534 g/mol. The SMILES string of the molecule is Cc1ccc(OCC(=O)O)c(C=NNC(=O)c2cc(Br)ccc2NS(=O)(=O)c2cccs2)c1. The molecule has 0 unspecified atom stereocenters. The van der Waals surface area contributed by atoms with Crippen LogP contribution >= 0.6 is 27.3 Å². The number of rotatable bonds is 9. The summed E-state index contributed by atoms with van der Waals surface area (Å²) in [5, 5.41) is 14.4. The van der Waals surface area contributed by atoms with Crippen LogP contribution in [0, 0.1) is 6.92 Å². The van der Waals surface area contributed by atoms with Crippen molar-refractivity contribution in [2.24, 2.45) is 5.10 Å². The fourth-order valence-corrected chi connectivity index (χ4v) is 5.10. The van der Waals surface area contributed by atoms with Gasteiger partial charge in [-0.25, -0.2) is 18.6 Å². The second kappa shape index (κ2) is 10.6. The van der Waals surface area contributed by atoms with Gasteiger partial charge < -0.3 is 9.84 Å². The van der Waals surface area contributed by atoms with Crippen LogP contribution in [0.4, 0.5) is 5.69 Å². The molecule has 0 aliphatic carbocycles. The molecule has 0 bridgehead atoms. The first kappa shape index (κ1) is 24.4. The number of amides is 1. The Bertz CT molecular complexity index is 1310. The third-order valence-electron chi connectivity index (χ3n) is 4.12. The number of carboxylic acids is 1. The lowest BCUT2D eigenvalue weighted by Crippen LogP contribution is -2.21. The summed E-state index contributed by atoms with van der Waals surface area (Å²) in [4.78, 5) is 23.5. The van der Waals surface area contributed by atoms with Crippen LogP contribution in [-0.4, -0.2) is 38.2 Å². The molecule has 0 spiro atoms. The summed E-state index contributed by atoms with van der Waals surface area (Å²) in [6.07, 6.45) is 1.32. The van der Waals surface area contributed by atoms with E-state index in [2.05, 4.69) is 31.2 Å². The number of carboxylic acid groups (broad SMARTS) is 1. The number of hydrogen-bond donors (Lipinski definition) is 3. The third-order valence-corrected chi connectivity index (χ3v) is 7.37. The van der Waals surface area contributed by atoms with Crippen LogP contribution in [0.3, 0.4) is 0 Å². The van der Waals surface area contributed by atoms with Gasteiger partial charge in [0.2, 0.25) is 0 Å². The minimum absolute atomic E-state index is 0.0493. The molecule has 12 heteroatoms. The first-order chi connectivity index (χ1) is 15.7. The average Bonchev–Trinajstić information content (AvgIpc) is 3.30. The fraction of sp³-hybridized carbons (Fsp3) is 0.0952. The molecule has 33 heavy (non-hydrogen) atoms. The predicted molar refractivity (Wildman–Crippen MR) is 129 cm³/mol. The molecule has 0 aliphatic heterocycles. The fourth-order valence-electron chi connectivity index (χ4n) is 2.67. The molecule has 3 N–H and O–H groups in total. The zero-order chi connectivity index (χ0) is 24.0. The maximum absolute atomic E-state index is 12.8. The number of nitrogens with one attached hydrogen (secondary N) is 2. The monoisotopic (exact) mass is 551 g/mol. The molecule has 1 amide bonds. The zero-order valence-corrected chi connectivity index (χ0v) is 20.3. The lowest BCUT2D eigenvalue weighted by molar-refractivity contribution is -0.139. The molecule has 172 valence electrons. The van der Waals surface area contributed by atoms with Gasteiger partial charge >= 0.3 is 5.97 Å². The van der Waals surface area contributed by atoms with Gasteiger partial charge in [-0.05, 0) is 48.7 Å². The van der Waals surface area contributed by atoms with E-state index in [-0.39, 0.29) is 21.2 Å². The summed E-state index contributed by atoms with van der Waals surface area (Å²) in [6.45, 7) is 1.31. The van der Waals surface area contributed by atoms with E-state index in [0.29, 0.717) is 10.0 Å². The lowest BCUT2D eigenvalue weighted by Gasteiger charge is -2.11. The quantitative estimate of drug-likeness (QED) is 0.273. The minimum Gasteiger partial charge on any atom is -0.481 e. The number of nitrogens with zero attached hydrogens (tertiary/aromatic N) is 1. The topological polar surface area (TPSA) is 134 Å². The first-order valence-electron chi connectivity index (χ1n) is 9.30. The van der Waals surface area contributed by atoms with Crippen LogP contribution in [0.1, 0.15) is 21.5 Å². The Labute approximate surface area is 202 Å². The molecule has 3 aromatic rings. The lowest BCUT2D eigenvalue weighted by atomic mass is 10.1. The number of hydrazone groups is 1. The number of carbonyl (C=O) groups excluding carboxylic acids is 1. The number of benzene rings is 2. The van der Waals surface area contributed by atoms with Gasteiger partial charge in [0.1, 0.15) is 9.96 Å². The molecule has 0 saturated heterocycles. The average molecular weight is 552 g/mol. The van der Waals surface area contributed by atoms with Crippen LogP contribution in [0.5, 0.6) is 5.75 Å². The summed E-state index contributed by atoms with van der Waals surface area (Å²) in [5.74, 6) is -1.50. The van der Waals surface area contributed by atoms with Crippen LogP contribution in [0.15, 0.2) is 67.7 Å². The number of thiophene rings is 1. The number of ether oxygens (including phenoxy) is 1. The Balaban J connectivity index is 1.80. The van der Waals surface area contributed by atoms with Crippen LogP contribution in [0.25, 0.3) is 0 Å². The van der Waals surface area contributed by atoms with Gasteiger partial charge in [-0.1, -0.05) is 33.6 Å². The van der Waals surface area contributed by atoms with E-state index in [9.17, 15) is 18.0 Å². The van der Waals surface area contributed by atoms with Crippen molar-refractivity contribution in [3.05, 3.63) is 75.1 Å². The maximum Gasteiger partial charge on any atom is 0.341 e. The Morgan fingerprint density at radius 2 is 2.00 bits per heavy atom. The molecule has 0 aliphatic rings. The summed E-state index contributed by atoms with van der Waals surface area (Å²) in [5.41, 5.74) is 3.83. The molecule has 0 fully saturated rings. The number of aryl methyl sites for hydroxylation is 1. The molecule has 0 atom stereocenters. The normalized spacial score (nSPS) is 11.3. The van der Waals surface area contributed by atoms with Gasteiger partial charge in [0.15, 0.2) is 6.61 Å². The molecule has 1 heterocycles. The number of halogens is 1. The van der Waals surface area contributed by atoms with Crippen molar-refractivity contribution >= 4 is 61.1 Å². The number of sulfonamides is 1. The number of carbonyl (C=O) groups is 2. The van der Waals surface area contributed by atoms with E-state index in [0.717, 1.165) is 16.9 Å². The van der Waals surface area contributed by atoms with Gasteiger partial charge in [-0.2, -0.15) is 5.10 Å². The van der Waals surface area contributed by atoms with Crippen molar-refractivity contribution in [1.29, 1.82) is 0 Å². The minimum atomic E-state index is -3.86. The number of aliphatic carboxylic acids is 1. The Morgan fingerprint density at radius 1 is 1.21 bits per heavy atom. The van der Waals surface area contributed by atoms with Crippen molar-refractivity contribution in [2.45, 2.75) is 11.1 Å². The summed E-state index contributed by atoms with van der Waals surface area (Å²) in [6, 6.07) is 12.7. The van der Waals surface area contributed by atoms with Gasteiger partial charge in [0.05, 0.1) is 17.5 Å². The van der Waals surface area contributed by atoms with E-state index in [4.69, 9.17) is 9.84 Å². The maximum atomic E-state index is 12.8. The molecule has 0 radical (unpaired) electrons. The highest BCUT2D eigenvalue weighted by Crippen LogP contribution is 2.26. The van der Waals surface area contributed by atoms with Crippen LogP contribution in [-0.2, 0) is 14.8 Å². The molecule has 0 saturated carbocycles. The highest BCUT2D eigenvalue weighted by molar-refractivity contribution is 9.10. The number of anilines is 1. The van der Waals surface area contributed by atoms with Crippen molar-refractivity contribution in [2.75, 3.05) is 11.3 Å². The van der Waals surface area contributed by atoms with Crippen molar-refractivity contribution in [3.8, 4) is 5.75 Å². The Hall–Kier alpha value is -3.22.